The Hall–Kier alpha value is -1.51. The molecule has 9 heteroatoms. The van der Waals surface area contributed by atoms with Crippen LogP contribution in [-0.4, -0.2) is 20.5 Å². The number of aromatic nitrogens is 1. The third-order valence-corrected chi connectivity index (χ3v) is 4.86. The van der Waals surface area contributed by atoms with E-state index in [-0.39, 0.29) is 27.2 Å². The molecule has 1 heterocycles. The van der Waals surface area contributed by atoms with Crippen LogP contribution in [0.1, 0.15) is 0 Å². The van der Waals surface area contributed by atoms with Crippen molar-refractivity contribution in [1.82, 2.24) is 4.98 Å². The van der Waals surface area contributed by atoms with Crippen molar-refractivity contribution in [2.75, 3.05) is 17.6 Å². The summed E-state index contributed by atoms with van der Waals surface area (Å²) in [5.41, 5.74) is 6.29. The third-order valence-electron chi connectivity index (χ3n) is 2.55. The molecule has 2 aromatic rings. The topological polar surface area (TPSA) is 94.3 Å². The Morgan fingerprint density at radius 1 is 1.38 bits per heavy atom. The minimum absolute atomic E-state index is 0.0688. The normalized spacial score (nSPS) is 11.2. The predicted octanol–water partition coefficient (Wildman–Crippen LogP) is 2.89. The van der Waals surface area contributed by atoms with E-state index in [0.29, 0.717) is 4.47 Å². The number of methoxy groups -OCH3 is 1. The van der Waals surface area contributed by atoms with Gasteiger partial charge in [-0.25, -0.2) is 13.4 Å². The molecule has 0 saturated heterocycles. The molecule has 0 aliphatic carbocycles. The molecule has 0 atom stereocenters. The quantitative estimate of drug-likeness (QED) is 0.616. The summed E-state index contributed by atoms with van der Waals surface area (Å²) in [5, 5.41) is 0.267. The fraction of sp³-hybridized carbons (Fsp3) is 0.0833. The van der Waals surface area contributed by atoms with Crippen LogP contribution >= 0.6 is 27.5 Å². The Balaban J connectivity index is 2.44. The molecule has 6 nitrogen and oxygen atoms in total. The number of pyridine rings is 1. The summed E-state index contributed by atoms with van der Waals surface area (Å²) in [7, 11) is -2.49. The summed E-state index contributed by atoms with van der Waals surface area (Å²) in [5.74, 6) is 0.172. The van der Waals surface area contributed by atoms with Crippen LogP contribution in [0, 0.1) is 0 Å². The smallest absolute Gasteiger partial charge is 0.265 e. The van der Waals surface area contributed by atoms with E-state index in [1.165, 1.54) is 37.6 Å². The Morgan fingerprint density at radius 3 is 2.67 bits per heavy atom. The maximum absolute atomic E-state index is 12.4. The molecule has 2 rings (SSSR count). The van der Waals surface area contributed by atoms with Gasteiger partial charge in [0.05, 0.1) is 19.0 Å². The summed E-state index contributed by atoms with van der Waals surface area (Å²) >= 11 is 8.87. The Kier molecular flexibility index (Phi) is 4.60. The molecule has 21 heavy (non-hydrogen) atoms. The maximum Gasteiger partial charge on any atom is 0.265 e. The fourth-order valence-electron chi connectivity index (χ4n) is 1.57. The molecular weight excluding hydrogens is 382 g/mol. The van der Waals surface area contributed by atoms with Gasteiger partial charge >= 0.3 is 0 Å². The van der Waals surface area contributed by atoms with Gasteiger partial charge in [0.1, 0.15) is 15.8 Å². The fourth-order valence-corrected chi connectivity index (χ4v) is 3.23. The van der Waals surface area contributed by atoms with E-state index in [4.69, 9.17) is 22.1 Å². The van der Waals surface area contributed by atoms with Crippen molar-refractivity contribution < 1.29 is 13.2 Å². The average molecular weight is 393 g/mol. The third kappa shape index (κ3) is 3.58. The number of nitrogens with zero attached hydrogens (tertiary/aromatic N) is 1. The summed E-state index contributed by atoms with van der Waals surface area (Å²) < 4.78 is 32.8. The first-order chi connectivity index (χ1) is 9.83. The second kappa shape index (κ2) is 6.08. The highest BCUT2D eigenvalue weighted by Gasteiger charge is 2.21. The number of hydrogen-bond donors (Lipinski definition) is 2. The SMILES string of the molecule is COc1cc(Br)c(N)cc1S(=O)(=O)Nc1ccc(Cl)nc1. The monoisotopic (exact) mass is 391 g/mol. The lowest BCUT2D eigenvalue weighted by atomic mass is 10.3. The van der Waals surface area contributed by atoms with Gasteiger partial charge < -0.3 is 10.5 Å². The van der Waals surface area contributed by atoms with E-state index in [1.807, 2.05) is 0 Å². The van der Waals surface area contributed by atoms with Gasteiger partial charge in [-0.2, -0.15) is 0 Å². The van der Waals surface area contributed by atoms with Gasteiger partial charge in [-0.05, 0) is 40.2 Å². The van der Waals surface area contributed by atoms with Crippen LogP contribution in [0.3, 0.4) is 0 Å². The summed E-state index contributed by atoms with van der Waals surface area (Å²) in [4.78, 5) is 3.74. The van der Waals surface area contributed by atoms with E-state index in [1.54, 1.807) is 0 Å². The first-order valence-electron chi connectivity index (χ1n) is 5.61. The summed E-state index contributed by atoms with van der Waals surface area (Å²) in [6, 6.07) is 5.78. The number of nitrogens with one attached hydrogen (secondary N) is 1. The van der Waals surface area contributed by atoms with Crippen LogP contribution in [0.25, 0.3) is 0 Å². The highest BCUT2D eigenvalue weighted by Crippen LogP contribution is 2.33. The van der Waals surface area contributed by atoms with Crippen molar-refractivity contribution in [3.05, 3.63) is 40.1 Å². The molecule has 0 aliphatic rings. The van der Waals surface area contributed by atoms with Gasteiger partial charge in [-0.3, -0.25) is 4.72 Å². The van der Waals surface area contributed by atoms with Crippen molar-refractivity contribution in [2.24, 2.45) is 0 Å². The number of sulfonamides is 1. The van der Waals surface area contributed by atoms with Gasteiger partial charge in [-0.1, -0.05) is 11.6 Å². The first kappa shape index (κ1) is 15.9. The van der Waals surface area contributed by atoms with Crippen molar-refractivity contribution in [3.63, 3.8) is 0 Å². The number of ether oxygens (including phenoxy) is 1. The number of anilines is 2. The van der Waals surface area contributed by atoms with Crippen LogP contribution in [-0.2, 0) is 10.0 Å². The molecule has 0 unspecified atom stereocenters. The van der Waals surface area contributed by atoms with Gasteiger partial charge in [0.15, 0.2) is 0 Å². The molecule has 0 amide bonds. The van der Waals surface area contributed by atoms with Crippen LogP contribution in [0.2, 0.25) is 5.15 Å². The number of hydrogen-bond acceptors (Lipinski definition) is 5. The lowest BCUT2D eigenvalue weighted by molar-refractivity contribution is 0.402. The zero-order valence-electron chi connectivity index (χ0n) is 10.8. The Morgan fingerprint density at radius 2 is 2.10 bits per heavy atom. The number of halogens is 2. The molecule has 0 radical (unpaired) electrons. The Labute approximate surface area is 135 Å². The van der Waals surface area contributed by atoms with Gasteiger partial charge in [0.2, 0.25) is 0 Å². The molecule has 0 bridgehead atoms. The zero-order valence-corrected chi connectivity index (χ0v) is 14.0. The highest BCUT2D eigenvalue weighted by molar-refractivity contribution is 9.10. The van der Waals surface area contributed by atoms with Crippen molar-refractivity contribution in [1.29, 1.82) is 0 Å². The molecule has 0 spiro atoms. The molecular formula is C12H11BrClN3O3S. The first-order valence-corrected chi connectivity index (χ1v) is 8.26. The second-order valence-corrected chi connectivity index (χ2v) is 6.89. The Bertz CT molecular complexity index is 766. The van der Waals surface area contributed by atoms with Crippen molar-refractivity contribution >= 4 is 48.9 Å². The molecule has 0 saturated carbocycles. The zero-order chi connectivity index (χ0) is 15.6. The van der Waals surface area contributed by atoms with Crippen LogP contribution < -0.4 is 15.2 Å². The minimum atomic E-state index is -3.87. The molecule has 1 aromatic carbocycles. The van der Waals surface area contributed by atoms with Crippen molar-refractivity contribution in [3.8, 4) is 5.75 Å². The maximum atomic E-state index is 12.4. The van der Waals surface area contributed by atoms with Crippen LogP contribution in [0.15, 0.2) is 39.8 Å². The van der Waals surface area contributed by atoms with Gasteiger partial charge in [0, 0.05) is 10.2 Å². The summed E-state index contributed by atoms with van der Waals surface area (Å²) in [6.45, 7) is 0. The van der Waals surface area contributed by atoms with E-state index >= 15 is 0 Å². The van der Waals surface area contributed by atoms with Crippen LogP contribution in [0.4, 0.5) is 11.4 Å². The van der Waals surface area contributed by atoms with Gasteiger partial charge in [0.25, 0.3) is 10.0 Å². The summed E-state index contributed by atoms with van der Waals surface area (Å²) in [6.07, 6.45) is 1.31. The van der Waals surface area contributed by atoms with E-state index in [0.717, 1.165) is 0 Å². The minimum Gasteiger partial charge on any atom is -0.495 e. The van der Waals surface area contributed by atoms with Crippen LogP contribution in [0.5, 0.6) is 5.75 Å². The molecule has 3 N–H and O–H groups in total. The van der Waals surface area contributed by atoms with E-state index in [2.05, 4.69) is 25.6 Å². The second-order valence-electron chi connectivity index (χ2n) is 4.00. The predicted molar refractivity (Wildman–Crippen MR) is 85.2 cm³/mol. The lowest BCUT2D eigenvalue weighted by Crippen LogP contribution is -2.14. The molecule has 0 fully saturated rings. The van der Waals surface area contributed by atoms with E-state index in [9.17, 15) is 8.42 Å². The molecule has 0 aliphatic heterocycles. The lowest BCUT2D eigenvalue weighted by Gasteiger charge is -2.13. The number of nitrogens with two attached hydrogens (primary N) is 1. The molecule has 112 valence electrons. The van der Waals surface area contributed by atoms with E-state index < -0.39 is 10.0 Å². The highest BCUT2D eigenvalue weighted by atomic mass is 79.9. The average Bonchev–Trinajstić information content (AvgIpc) is 2.43. The standard InChI is InChI=1S/C12H11BrClN3O3S/c1-20-10-4-8(13)9(15)5-11(10)21(18,19)17-7-2-3-12(14)16-6-7/h2-6,17H,15H2,1H3. The molecule has 1 aromatic heterocycles. The number of benzene rings is 1. The van der Waals surface area contributed by atoms with Crippen molar-refractivity contribution in [2.45, 2.75) is 4.90 Å². The number of rotatable bonds is 4. The van der Waals surface area contributed by atoms with Gasteiger partial charge in [-0.15, -0.1) is 0 Å². The number of nitrogen functional groups attached to an aromatic ring is 1. The largest absolute Gasteiger partial charge is 0.495 e.